The monoisotopic (exact) mass is 357 g/mol. The lowest BCUT2D eigenvalue weighted by Crippen LogP contribution is -2.51. The normalized spacial score (nSPS) is 18.0. The Labute approximate surface area is 154 Å². The molecular formula is C20H24ClN3O. The molecule has 0 spiro atoms. The molecule has 1 aliphatic heterocycles. The van der Waals surface area contributed by atoms with Gasteiger partial charge in [-0.15, -0.1) is 0 Å². The van der Waals surface area contributed by atoms with Crippen LogP contribution in [0.25, 0.3) is 0 Å². The molecule has 25 heavy (non-hydrogen) atoms. The smallest absolute Gasteiger partial charge is 0.244 e. The summed E-state index contributed by atoms with van der Waals surface area (Å²) in [7, 11) is 0. The zero-order valence-corrected chi connectivity index (χ0v) is 15.2. The lowest BCUT2D eigenvalue weighted by molar-refractivity contribution is -0.134. The predicted molar refractivity (Wildman–Crippen MR) is 101 cm³/mol. The molecule has 1 heterocycles. The highest BCUT2D eigenvalue weighted by atomic mass is 35.5. The van der Waals surface area contributed by atoms with E-state index in [-0.39, 0.29) is 5.91 Å². The first-order chi connectivity index (χ1) is 12.1. The Morgan fingerprint density at radius 1 is 0.960 bits per heavy atom. The van der Waals surface area contributed by atoms with Gasteiger partial charge in [-0.25, -0.2) is 0 Å². The number of halogens is 1. The second kappa shape index (κ2) is 8.00. The number of carbonyl (C=O) groups excluding carboxylic acids is 1. The first-order valence-electron chi connectivity index (χ1n) is 8.65. The third-order valence-electron chi connectivity index (χ3n) is 4.95. The van der Waals surface area contributed by atoms with Crippen LogP contribution in [0.5, 0.6) is 0 Å². The SMILES string of the molecule is CC(c1ccc(Cl)cc1)N1CCN(C(=O)C(N)c2ccccc2)CC1. The standard InChI is InChI=1S/C20H24ClN3O/c1-15(16-7-9-18(21)10-8-16)23-11-13-24(14-12-23)20(25)19(22)17-5-3-2-4-6-17/h2-10,15,19H,11-14,22H2,1H3. The molecule has 5 heteroatoms. The topological polar surface area (TPSA) is 49.6 Å². The molecule has 1 amide bonds. The van der Waals surface area contributed by atoms with E-state index in [1.165, 1.54) is 5.56 Å². The minimum absolute atomic E-state index is 0.00463. The first-order valence-corrected chi connectivity index (χ1v) is 9.03. The number of nitrogens with zero attached hydrogens (tertiary/aromatic N) is 2. The molecule has 0 aliphatic carbocycles. The van der Waals surface area contributed by atoms with Crippen molar-refractivity contribution in [3.63, 3.8) is 0 Å². The van der Waals surface area contributed by atoms with E-state index in [0.717, 1.165) is 23.7 Å². The second-order valence-electron chi connectivity index (χ2n) is 6.48. The molecule has 2 aromatic carbocycles. The molecule has 1 fully saturated rings. The molecule has 2 N–H and O–H groups in total. The van der Waals surface area contributed by atoms with Crippen molar-refractivity contribution in [2.45, 2.75) is 19.0 Å². The average Bonchev–Trinajstić information content (AvgIpc) is 2.67. The Hall–Kier alpha value is -1.88. The van der Waals surface area contributed by atoms with Crippen molar-refractivity contribution in [2.75, 3.05) is 26.2 Å². The minimum Gasteiger partial charge on any atom is -0.338 e. The number of amides is 1. The van der Waals surface area contributed by atoms with Gasteiger partial charge in [-0.2, -0.15) is 0 Å². The molecular weight excluding hydrogens is 334 g/mol. The van der Waals surface area contributed by atoms with Crippen LogP contribution in [0.4, 0.5) is 0 Å². The summed E-state index contributed by atoms with van der Waals surface area (Å²) in [4.78, 5) is 16.9. The van der Waals surface area contributed by atoms with Crippen molar-refractivity contribution < 1.29 is 4.79 Å². The van der Waals surface area contributed by atoms with Crippen LogP contribution in [0.2, 0.25) is 5.02 Å². The molecule has 2 aromatic rings. The zero-order valence-electron chi connectivity index (χ0n) is 14.4. The van der Waals surface area contributed by atoms with Gasteiger partial charge in [0.25, 0.3) is 0 Å². The van der Waals surface area contributed by atoms with Crippen LogP contribution in [-0.4, -0.2) is 41.9 Å². The van der Waals surface area contributed by atoms with Gasteiger partial charge in [0.15, 0.2) is 0 Å². The van der Waals surface area contributed by atoms with Crippen LogP contribution >= 0.6 is 11.6 Å². The second-order valence-corrected chi connectivity index (χ2v) is 6.91. The van der Waals surface area contributed by atoms with Crippen molar-refractivity contribution in [2.24, 2.45) is 5.73 Å². The summed E-state index contributed by atoms with van der Waals surface area (Å²) < 4.78 is 0. The lowest BCUT2D eigenvalue weighted by Gasteiger charge is -2.39. The number of nitrogens with two attached hydrogens (primary N) is 1. The van der Waals surface area contributed by atoms with Crippen molar-refractivity contribution in [1.29, 1.82) is 0 Å². The molecule has 2 unspecified atom stereocenters. The van der Waals surface area contributed by atoms with Crippen molar-refractivity contribution >= 4 is 17.5 Å². The number of carbonyl (C=O) groups is 1. The van der Waals surface area contributed by atoms with Gasteiger partial charge < -0.3 is 10.6 Å². The fourth-order valence-electron chi connectivity index (χ4n) is 3.28. The van der Waals surface area contributed by atoms with Crippen LogP contribution < -0.4 is 5.73 Å². The molecule has 132 valence electrons. The molecule has 0 aromatic heterocycles. The summed E-state index contributed by atoms with van der Waals surface area (Å²) in [6.07, 6.45) is 0. The minimum atomic E-state index is -0.582. The molecule has 0 radical (unpaired) electrons. The zero-order chi connectivity index (χ0) is 17.8. The summed E-state index contributed by atoms with van der Waals surface area (Å²) >= 11 is 5.97. The van der Waals surface area contributed by atoms with Gasteiger partial charge >= 0.3 is 0 Å². The Balaban J connectivity index is 1.58. The van der Waals surface area contributed by atoms with Gasteiger partial charge in [-0.05, 0) is 30.2 Å². The summed E-state index contributed by atoms with van der Waals surface area (Å²) in [5.74, 6) is 0.00463. The van der Waals surface area contributed by atoms with E-state index < -0.39 is 6.04 Å². The number of hydrogen-bond acceptors (Lipinski definition) is 3. The van der Waals surface area contributed by atoms with Gasteiger partial charge in [0.1, 0.15) is 6.04 Å². The number of piperazine rings is 1. The van der Waals surface area contributed by atoms with Gasteiger partial charge in [-0.1, -0.05) is 54.1 Å². The number of rotatable bonds is 4. The third-order valence-corrected chi connectivity index (χ3v) is 5.20. The van der Waals surface area contributed by atoms with Crippen molar-refractivity contribution in [1.82, 2.24) is 9.80 Å². The van der Waals surface area contributed by atoms with Crippen LogP contribution in [0.3, 0.4) is 0 Å². The molecule has 1 aliphatic rings. The van der Waals surface area contributed by atoms with Crippen LogP contribution in [0.1, 0.15) is 30.1 Å². The highest BCUT2D eigenvalue weighted by Gasteiger charge is 2.28. The van der Waals surface area contributed by atoms with Crippen LogP contribution in [-0.2, 0) is 4.79 Å². The Kier molecular flexibility index (Phi) is 5.74. The van der Waals surface area contributed by atoms with E-state index in [1.54, 1.807) is 0 Å². The van der Waals surface area contributed by atoms with E-state index in [1.807, 2.05) is 47.4 Å². The average molecular weight is 358 g/mol. The number of hydrogen-bond donors (Lipinski definition) is 1. The summed E-state index contributed by atoms with van der Waals surface area (Å²) in [5.41, 5.74) is 8.26. The quantitative estimate of drug-likeness (QED) is 0.913. The molecule has 0 bridgehead atoms. The van der Waals surface area contributed by atoms with E-state index in [9.17, 15) is 4.79 Å². The highest BCUT2D eigenvalue weighted by Crippen LogP contribution is 2.24. The molecule has 3 rings (SSSR count). The first kappa shape index (κ1) is 17.9. The summed E-state index contributed by atoms with van der Waals surface area (Å²) in [6.45, 7) is 5.29. The Bertz CT molecular complexity index is 697. The van der Waals surface area contributed by atoms with Crippen molar-refractivity contribution in [3.05, 3.63) is 70.7 Å². The van der Waals surface area contributed by atoms with Crippen molar-refractivity contribution in [3.8, 4) is 0 Å². The Morgan fingerprint density at radius 3 is 2.16 bits per heavy atom. The maximum absolute atomic E-state index is 12.7. The maximum Gasteiger partial charge on any atom is 0.244 e. The maximum atomic E-state index is 12.7. The lowest BCUT2D eigenvalue weighted by atomic mass is 10.0. The number of benzene rings is 2. The van der Waals surface area contributed by atoms with Gasteiger partial charge in [0.05, 0.1) is 0 Å². The fourth-order valence-corrected chi connectivity index (χ4v) is 3.41. The largest absolute Gasteiger partial charge is 0.338 e. The summed E-state index contributed by atoms with van der Waals surface area (Å²) in [6, 6.07) is 17.3. The van der Waals surface area contributed by atoms with E-state index in [2.05, 4.69) is 24.0 Å². The molecule has 2 atom stereocenters. The molecule has 0 saturated carbocycles. The van der Waals surface area contributed by atoms with Gasteiger partial charge in [0, 0.05) is 37.2 Å². The van der Waals surface area contributed by atoms with E-state index >= 15 is 0 Å². The fraction of sp³-hybridized carbons (Fsp3) is 0.350. The van der Waals surface area contributed by atoms with Gasteiger partial charge in [-0.3, -0.25) is 9.69 Å². The summed E-state index contributed by atoms with van der Waals surface area (Å²) in [5, 5.41) is 0.751. The van der Waals surface area contributed by atoms with Gasteiger partial charge in [0.2, 0.25) is 5.91 Å². The molecule has 1 saturated heterocycles. The van der Waals surface area contributed by atoms with Crippen LogP contribution in [0.15, 0.2) is 54.6 Å². The molecule has 4 nitrogen and oxygen atoms in total. The third kappa shape index (κ3) is 4.21. The van der Waals surface area contributed by atoms with E-state index in [0.29, 0.717) is 19.1 Å². The Morgan fingerprint density at radius 2 is 1.56 bits per heavy atom. The predicted octanol–water partition coefficient (Wildman–Crippen LogP) is 3.25. The van der Waals surface area contributed by atoms with Crippen LogP contribution in [0, 0.1) is 0 Å². The highest BCUT2D eigenvalue weighted by molar-refractivity contribution is 6.30. The van der Waals surface area contributed by atoms with E-state index in [4.69, 9.17) is 17.3 Å².